The molecule has 3 fully saturated rings. The molecule has 0 saturated carbocycles. The van der Waals surface area contributed by atoms with Gasteiger partial charge in [-0.15, -0.1) is 0 Å². The van der Waals surface area contributed by atoms with E-state index in [9.17, 15) is 24.3 Å². The Labute approximate surface area is 339 Å². The highest BCUT2D eigenvalue weighted by Crippen LogP contribution is 2.41. The highest BCUT2D eigenvalue weighted by Gasteiger charge is 2.59. The van der Waals surface area contributed by atoms with Crippen molar-refractivity contribution in [2.24, 2.45) is 17.8 Å². The number of likely N-dealkylation sites (N-methyl/N-ethyl adjacent to an activating group) is 1. The second-order valence-corrected chi connectivity index (χ2v) is 16.8. The number of esters is 1. The van der Waals surface area contributed by atoms with Crippen LogP contribution in [0.5, 0.6) is 0 Å². The first kappa shape index (κ1) is 44.9. The number of imidazole rings is 1. The van der Waals surface area contributed by atoms with Crippen molar-refractivity contribution in [2.75, 3.05) is 20.7 Å². The van der Waals surface area contributed by atoms with Crippen molar-refractivity contribution in [3.05, 3.63) is 42.8 Å². The van der Waals surface area contributed by atoms with Crippen LogP contribution in [0.25, 0.3) is 12.0 Å². The molecule has 2 N–H and O–H groups in total. The molecule has 2 aromatic heterocycles. The number of nitrogens with zero attached hydrogens (tertiary/aromatic N) is 5. The quantitative estimate of drug-likeness (QED) is 0.258. The number of carbonyl (C=O) groups excluding carboxylic acids is 4. The standard InChI is InChI=1S/C41H59FN6O10/c1-11-13-29-41(8)32(46-38(53)58-41)25(4)30(49)23(2)19-39(6,54-17-12-14-27-20-44-37(45-21-27)48-16-15-43-22-48)34(26(5)33(51)40(7,42)36(52)56-29)57-35-31(50)28(47(9)10)18-24(3)55-35/h12,14-16,20-26,28-29,31-32,34-35,50H,11,13,17-19H2,1-10H3,(H,46,53)/b14-12+/t23-,24-,25+,26+,28+,29-,31-,32+,34-,35+,39-,40+,41-/m1/s1. The molecule has 0 unspecified atom stereocenters. The third kappa shape index (κ3) is 9.33. The number of Topliss-reactive ketones (excluding diaryl/α,β-unsaturated/α-hetero) is 2. The normalized spacial score (nSPS) is 37.9. The average molecular weight is 815 g/mol. The van der Waals surface area contributed by atoms with Crippen molar-refractivity contribution in [3.63, 3.8) is 0 Å². The smallest absolute Gasteiger partial charge is 0.408 e. The van der Waals surface area contributed by atoms with Crippen LogP contribution in [-0.4, -0.2) is 134 Å². The van der Waals surface area contributed by atoms with Crippen LogP contribution in [0.15, 0.2) is 37.2 Å². The van der Waals surface area contributed by atoms with Crippen LogP contribution in [0.3, 0.4) is 0 Å². The summed E-state index contributed by atoms with van der Waals surface area (Å²) in [6.45, 7) is 12.4. The van der Waals surface area contributed by atoms with Gasteiger partial charge in [-0.3, -0.25) is 14.2 Å². The van der Waals surface area contributed by atoms with Crippen molar-refractivity contribution in [2.45, 2.75) is 141 Å². The molecule has 5 rings (SSSR count). The summed E-state index contributed by atoms with van der Waals surface area (Å²) < 4.78 is 49.5. The number of fused-ring (bicyclic) bond motifs is 1. The number of aliphatic hydroxyl groups is 1. The highest BCUT2D eigenvalue weighted by atomic mass is 19.1. The molecule has 3 aliphatic heterocycles. The number of cyclic esters (lactones) is 1. The van der Waals surface area contributed by atoms with Gasteiger partial charge in [-0.25, -0.2) is 28.9 Å². The van der Waals surface area contributed by atoms with Crippen molar-refractivity contribution in [1.29, 1.82) is 0 Å². The molecule has 0 bridgehead atoms. The zero-order chi connectivity index (χ0) is 42.7. The molecule has 17 heteroatoms. The van der Waals surface area contributed by atoms with Gasteiger partial charge in [0.25, 0.3) is 5.67 Å². The topological polar surface area (TPSA) is 194 Å². The molecule has 16 nitrogen and oxygen atoms in total. The largest absolute Gasteiger partial charge is 0.455 e. The van der Waals surface area contributed by atoms with E-state index in [1.54, 1.807) is 75.5 Å². The van der Waals surface area contributed by atoms with Crippen molar-refractivity contribution < 1.29 is 52.4 Å². The lowest BCUT2D eigenvalue weighted by atomic mass is 9.73. The minimum absolute atomic E-state index is 0.0609. The predicted octanol–water partition coefficient (Wildman–Crippen LogP) is 4.02. The van der Waals surface area contributed by atoms with Crippen molar-refractivity contribution in [3.8, 4) is 5.95 Å². The number of rotatable bonds is 10. The van der Waals surface area contributed by atoms with Gasteiger partial charge in [0.15, 0.2) is 17.7 Å². The second kappa shape index (κ2) is 18.0. The highest BCUT2D eigenvalue weighted by molar-refractivity contribution is 6.08. The van der Waals surface area contributed by atoms with E-state index in [0.717, 1.165) is 6.92 Å². The zero-order valence-corrected chi connectivity index (χ0v) is 35.1. The zero-order valence-electron chi connectivity index (χ0n) is 35.1. The minimum Gasteiger partial charge on any atom is -0.455 e. The summed E-state index contributed by atoms with van der Waals surface area (Å²) in [5, 5.41) is 14.3. The molecule has 0 aliphatic carbocycles. The van der Waals surface area contributed by atoms with Crippen LogP contribution in [0.4, 0.5) is 9.18 Å². The fourth-order valence-corrected chi connectivity index (χ4v) is 8.60. The van der Waals surface area contributed by atoms with Crippen LogP contribution in [0.1, 0.15) is 86.6 Å². The maximum absolute atomic E-state index is 17.0. The number of ether oxygens (including phenoxy) is 5. The summed E-state index contributed by atoms with van der Waals surface area (Å²) in [6, 6.07) is -1.37. The first-order chi connectivity index (χ1) is 27.2. The molecule has 0 spiro atoms. The Balaban J connectivity index is 1.56. The number of nitrogens with one attached hydrogen (secondary N) is 1. The summed E-state index contributed by atoms with van der Waals surface area (Å²) in [5.41, 5.74) is -5.70. The van der Waals surface area contributed by atoms with Crippen LogP contribution in [0.2, 0.25) is 0 Å². The molecule has 5 heterocycles. The molecular weight excluding hydrogens is 755 g/mol. The summed E-state index contributed by atoms with van der Waals surface area (Å²) in [5.74, 6) is -5.58. The van der Waals surface area contributed by atoms with E-state index in [4.69, 9.17) is 23.7 Å². The third-order valence-electron chi connectivity index (χ3n) is 11.9. The number of hydrogen-bond acceptors (Lipinski definition) is 14. The first-order valence-corrected chi connectivity index (χ1v) is 20.0. The van der Waals surface area contributed by atoms with E-state index >= 15 is 4.39 Å². The molecule has 320 valence electrons. The van der Waals surface area contributed by atoms with E-state index in [1.807, 2.05) is 32.8 Å². The Morgan fingerprint density at radius 3 is 2.40 bits per heavy atom. The van der Waals surface area contributed by atoms with E-state index in [-0.39, 0.29) is 31.3 Å². The summed E-state index contributed by atoms with van der Waals surface area (Å²) in [4.78, 5) is 70.2. The van der Waals surface area contributed by atoms with Crippen molar-refractivity contribution in [1.82, 2.24) is 29.7 Å². The van der Waals surface area contributed by atoms with Gasteiger partial charge < -0.3 is 39.0 Å². The number of aliphatic hydroxyl groups excluding tert-OH is 1. The monoisotopic (exact) mass is 814 g/mol. The van der Waals surface area contributed by atoms with E-state index in [1.165, 1.54) is 6.92 Å². The van der Waals surface area contributed by atoms with Gasteiger partial charge >= 0.3 is 12.1 Å². The lowest BCUT2D eigenvalue weighted by Gasteiger charge is -2.47. The number of aromatic nitrogens is 4. The van der Waals surface area contributed by atoms with Gasteiger partial charge in [-0.05, 0) is 61.1 Å². The average Bonchev–Trinajstić information content (AvgIpc) is 3.83. The van der Waals surface area contributed by atoms with E-state index in [2.05, 4.69) is 20.3 Å². The molecule has 2 aromatic rings. The molecule has 0 aromatic carbocycles. The molecule has 58 heavy (non-hydrogen) atoms. The van der Waals surface area contributed by atoms with E-state index < -0.39 is 89.2 Å². The molecule has 0 radical (unpaired) electrons. The Bertz CT molecular complexity index is 1790. The molecule has 3 saturated heterocycles. The summed E-state index contributed by atoms with van der Waals surface area (Å²) in [7, 11) is 3.63. The Kier molecular flexibility index (Phi) is 13.9. The van der Waals surface area contributed by atoms with Gasteiger partial charge in [-0.1, -0.05) is 46.3 Å². The summed E-state index contributed by atoms with van der Waals surface area (Å²) in [6.07, 6.45) is 6.31. The number of hydrogen-bond donors (Lipinski definition) is 2. The maximum atomic E-state index is 17.0. The second-order valence-electron chi connectivity index (χ2n) is 16.8. The lowest BCUT2D eigenvalue weighted by Crippen LogP contribution is -2.61. The first-order valence-electron chi connectivity index (χ1n) is 20.0. The molecular formula is C41H59FN6O10. The Morgan fingerprint density at radius 2 is 1.78 bits per heavy atom. The maximum Gasteiger partial charge on any atom is 0.408 e. The number of halogens is 1. The van der Waals surface area contributed by atoms with Crippen LogP contribution >= 0.6 is 0 Å². The number of ketones is 2. The van der Waals surface area contributed by atoms with Gasteiger partial charge in [0, 0.05) is 54.1 Å². The summed E-state index contributed by atoms with van der Waals surface area (Å²) >= 11 is 0. The van der Waals surface area contributed by atoms with Crippen LogP contribution in [0, 0.1) is 17.8 Å². The molecule has 13 atom stereocenters. The minimum atomic E-state index is -3.21. The number of amides is 1. The fourth-order valence-electron chi connectivity index (χ4n) is 8.60. The Morgan fingerprint density at radius 1 is 1.09 bits per heavy atom. The number of alkyl halides is 1. The van der Waals surface area contributed by atoms with Gasteiger partial charge in [0.2, 0.25) is 5.95 Å². The van der Waals surface area contributed by atoms with E-state index in [0.29, 0.717) is 24.4 Å². The SMILES string of the molecule is CCC[C@H]1OC(=O)[C@@](C)(F)C(=O)[C@H](C)[C@@H](O[C@@H]2O[C@H](C)C[C@H](N(C)C)[C@H]2O)[C@](C)(OC/C=C/c2cnc(-n3ccnc3)nc2)C[C@@H](C)C(=O)[C@H](C)[C@@H]2NC(=O)O[C@]12C. The Hall–Kier alpha value is -4.16. The van der Waals surface area contributed by atoms with Crippen LogP contribution < -0.4 is 5.32 Å². The van der Waals surface area contributed by atoms with Crippen molar-refractivity contribution >= 4 is 29.7 Å². The fraction of sp³-hybridized carbons (Fsp3) is 0.683. The predicted molar refractivity (Wildman–Crippen MR) is 208 cm³/mol. The molecule has 3 aliphatic rings. The van der Waals surface area contributed by atoms with Crippen LogP contribution in [-0.2, 0) is 38.1 Å². The lowest BCUT2D eigenvalue weighted by molar-refractivity contribution is -0.297. The van der Waals surface area contributed by atoms with Gasteiger partial charge in [0.05, 0.1) is 30.5 Å². The van der Waals surface area contributed by atoms with Gasteiger partial charge in [0.1, 0.15) is 24.3 Å². The number of carbonyl (C=O) groups is 4. The third-order valence-corrected chi connectivity index (χ3v) is 11.9. The molecule has 1 amide bonds. The van der Waals surface area contributed by atoms with Gasteiger partial charge in [-0.2, -0.15) is 0 Å². The number of alkyl carbamates (subject to hydrolysis) is 1.